The monoisotopic (exact) mass is 277 g/mol. The molecule has 2 aromatic carbocycles. The molecule has 0 N–H and O–H groups in total. The van der Waals surface area contributed by atoms with E-state index in [0.29, 0.717) is 0 Å². The largest absolute Gasteiger partial charge is 0.307 e. The second-order valence-corrected chi connectivity index (χ2v) is 7.03. The van der Waals surface area contributed by atoms with Gasteiger partial charge in [0.05, 0.1) is 5.69 Å². The maximum atomic E-state index is 12.8. The molecule has 106 valence electrons. The smallest absolute Gasteiger partial charge is 0.259 e. The van der Waals surface area contributed by atoms with Gasteiger partial charge >= 0.3 is 0 Å². The molecule has 1 heterocycles. The molecule has 0 radical (unpaired) electrons. The van der Waals surface area contributed by atoms with Crippen molar-refractivity contribution in [3.63, 3.8) is 0 Å². The van der Waals surface area contributed by atoms with Gasteiger partial charge in [-0.05, 0) is 54.5 Å². The first-order valence-electron chi connectivity index (χ1n) is 8.15. The SMILES string of the molecule is O=C1c2cccc3cccc(c23)N1CC1CC2CCC1C2. The van der Waals surface area contributed by atoms with Crippen molar-refractivity contribution >= 4 is 22.4 Å². The molecule has 1 aliphatic heterocycles. The highest BCUT2D eigenvalue weighted by atomic mass is 16.2. The zero-order valence-electron chi connectivity index (χ0n) is 12.1. The standard InChI is InChI=1S/C19H19NO/c21-19-16-5-1-3-13-4-2-6-17(18(13)16)20(19)11-15-10-12-7-8-14(15)9-12/h1-6,12,14-15H,7-11H2. The minimum absolute atomic E-state index is 0.213. The minimum Gasteiger partial charge on any atom is -0.307 e. The fourth-order valence-corrected chi connectivity index (χ4v) is 4.99. The molecule has 1 amide bonds. The number of carbonyl (C=O) groups excluding carboxylic acids is 1. The number of hydrogen-bond acceptors (Lipinski definition) is 1. The predicted molar refractivity (Wildman–Crippen MR) is 84.6 cm³/mol. The molecule has 5 rings (SSSR count). The number of amides is 1. The summed E-state index contributed by atoms with van der Waals surface area (Å²) in [4.78, 5) is 14.9. The van der Waals surface area contributed by atoms with Crippen LogP contribution in [0.5, 0.6) is 0 Å². The van der Waals surface area contributed by atoms with E-state index >= 15 is 0 Å². The van der Waals surface area contributed by atoms with Gasteiger partial charge in [-0.1, -0.05) is 30.7 Å². The molecule has 3 atom stereocenters. The molecular formula is C19H19NO. The van der Waals surface area contributed by atoms with Gasteiger partial charge in [0.2, 0.25) is 0 Å². The lowest BCUT2D eigenvalue weighted by atomic mass is 9.88. The fraction of sp³-hybridized carbons (Fsp3) is 0.421. The summed E-state index contributed by atoms with van der Waals surface area (Å²) < 4.78 is 0. The second kappa shape index (κ2) is 4.09. The van der Waals surface area contributed by atoms with Crippen LogP contribution in [0.4, 0.5) is 5.69 Å². The van der Waals surface area contributed by atoms with Gasteiger partial charge < -0.3 is 4.90 Å². The van der Waals surface area contributed by atoms with Crippen molar-refractivity contribution in [3.05, 3.63) is 42.0 Å². The summed E-state index contributed by atoms with van der Waals surface area (Å²) in [7, 11) is 0. The highest BCUT2D eigenvalue weighted by molar-refractivity contribution is 6.25. The Kier molecular flexibility index (Phi) is 2.30. The van der Waals surface area contributed by atoms with Crippen LogP contribution in [0.25, 0.3) is 10.8 Å². The zero-order valence-corrected chi connectivity index (χ0v) is 12.1. The van der Waals surface area contributed by atoms with Gasteiger partial charge in [0, 0.05) is 17.5 Å². The summed E-state index contributed by atoms with van der Waals surface area (Å²) in [5.74, 6) is 2.74. The van der Waals surface area contributed by atoms with Gasteiger partial charge in [-0.3, -0.25) is 4.79 Å². The molecular weight excluding hydrogens is 258 g/mol. The van der Waals surface area contributed by atoms with E-state index in [0.717, 1.165) is 40.9 Å². The van der Waals surface area contributed by atoms with Gasteiger partial charge in [0.25, 0.3) is 5.91 Å². The summed E-state index contributed by atoms with van der Waals surface area (Å²) in [5.41, 5.74) is 2.03. The Bertz CT molecular complexity index is 745. The summed E-state index contributed by atoms with van der Waals surface area (Å²) in [6.07, 6.45) is 5.55. The van der Waals surface area contributed by atoms with E-state index in [-0.39, 0.29) is 5.91 Å². The lowest BCUT2D eigenvalue weighted by Crippen LogP contribution is -2.34. The van der Waals surface area contributed by atoms with E-state index in [4.69, 9.17) is 0 Å². The Morgan fingerprint density at radius 2 is 1.90 bits per heavy atom. The second-order valence-electron chi connectivity index (χ2n) is 7.03. The van der Waals surface area contributed by atoms with Crippen LogP contribution in [-0.4, -0.2) is 12.5 Å². The maximum Gasteiger partial charge on any atom is 0.259 e. The van der Waals surface area contributed by atoms with Crippen molar-refractivity contribution in [1.29, 1.82) is 0 Å². The van der Waals surface area contributed by atoms with E-state index in [1.165, 1.54) is 31.1 Å². The highest BCUT2D eigenvalue weighted by Gasteiger charge is 2.42. The number of fused-ring (bicyclic) bond motifs is 2. The van der Waals surface area contributed by atoms with Gasteiger partial charge in [-0.15, -0.1) is 0 Å². The van der Waals surface area contributed by atoms with E-state index in [2.05, 4.69) is 29.2 Å². The van der Waals surface area contributed by atoms with Gasteiger partial charge in [0.15, 0.2) is 0 Å². The molecule has 0 saturated heterocycles. The van der Waals surface area contributed by atoms with Crippen LogP contribution in [0.15, 0.2) is 36.4 Å². The molecule has 3 unspecified atom stereocenters. The molecule has 2 aliphatic carbocycles. The van der Waals surface area contributed by atoms with Crippen LogP contribution in [0.3, 0.4) is 0 Å². The molecule has 0 aromatic heterocycles. The molecule has 0 spiro atoms. The summed E-state index contributed by atoms with van der Waals surface area (Å²) in [5, 5.41) is 2.35. The highest BCUT2D eigenvalue weighted by Crippen LogP contribution is 2.49. The van der Waals surface area contributed by atoms with Gasteiger partial charge in [0.1, 0.15) is 0 Å². The number of benzene rings is 2. The molecule has 2 fully saturated rings. The van der Waals surface area contributed by atoms with E-state index in [1.807, 2.05) is 12.1 Å². The summed E-state index contributed by atoms with van der Waals surface area (Å²) in [6, 6.07) is 12.4. The van der Waals surface area contributed by atoms with Crippen molar-refractivity contribution in [1.82, 2.24) is 0 Å². The third-order valence-corrected chi connectivity index (χ3v) is 5.95. The average molecular weight is 277 g/mol. The fourth-order valence-electron chi connectivity index (χ4n) is 4.99. The molecule has 2 bridgehead atoms. The number of anilines is 1. The Hall–Kier alpha value is -1.83. The van der Waals surface area contributed by atoms with Crippen LogP contribution >= 0.6 is 0 Å². The third kappa shape index (κ3) is 1.56. The van der Waals surface area contributed by atoms with Crippen LogP contribution < -0.4 is 4.90 Å². The van der Waals surface area contributed by atoms with Crippen molar-refractivity contribution in [3.8, 4) is 0 Å². The summed E-state index contributed by atoms with van der Waals surface area (Å²) in [6.45, 7) is 0.924. The van der Waals surface area contributed by atoms with Crippen molar-refractivity contribution in [2.45, 2.75) is 25.7 Å². The topological polar surface area (TPSA) is 20.3 Å². The molecule has 2 nitrogen and oxygen atoms in total. The molecule has 2 aromatic rings. The number of hydrogen-bond donors (Lipinski definition) is 0. The predicted octanol–water partition coefficient (Wildman–Crippen LogP) is 4.24. The third-order valence-electron chi connectivity index (χ3n) is 5.95. The van der Waals surface area contributed by atoms with Crippen LogP contribution in [-0.2, 0) is 0 Å². The quantitative estimate of drug-likeness (QED) is 0.804. The van der Waals surface area contributed by atoms with Gasteiger partial charge in [-0.25, -0.2) is 0 Å². The maximum absolute atomic E-state index is 12.8. The first-order chi connectivity index (χ1) is 10.3. The number of rotatable bonds is 2. The lowest BCUT2D eigenvalue weighted by Gasteiger charge is -2.27. The Morgan fingerprint density at radius 3 is 2.67 bits per heavy atom. The Balaban J connectivity index is 1.55. The van der Waals surface area contributed by atoms with Crippen molar-refractivity contribution in [2.75, 3.05) is 11.4 Å². The lowest BCUT2D eigenvalue weighted by molar-refractivity contribution is 0.0986. The van der Waals surface area contributed by atoms with Gasteiger partial charge in [-0.2, -0.15) is 0 Å². The van der Waals surface area contributed by atoms with E-state index in [1.54, 1.807) is 0 Å². The van der Waals surface area contributed by atoms with Crippen molar-refractivity contribution < 1.29 is 4.79 Å². The molecule has 2 saturated carbocycles. The average Bonchev–Trinajstić information content (AvgIpc) is 3.19. The van der Waals surface area contributed by atoms with Crippen molar-refractivity contribution in [2.24, 2.45) is 17.8 Å². The number of nitrogens with zero attached hydrogens (tertiary/aromatic N) is 1. The van der Waals surface area contributed by atoms with E-state index in [9.17, 15) is 4.79 Å². The Morgan fingerprint density at radius 1 is 1.05 bits per heavy atom. The first kappa shape index (κ1) is 11.8. The van der Waals surface area contributed by atoms with Crippen LogP contribution in [0.1, 0.15) is 36.0 Å². The molecule has 3 aliphatic rings. The normalized spacial score (nSPS) is 29.8. The van der Waals surface area contributed by atoms with Crippen LogP contribution in [0, 0.1) is 17.8 Å². The summed E-state index contributed by atoms with van der Waals surface area (Å²) >= 11 is 0. The minimum atomic E-state index is 0.213. The zero-order chi connectivity index (χ0) is 14.0. The first-order valence-corrected chi connectivity index (χ1v) is 8.15. The van der Waals surface area contributed by atoms with E-state index < -0.39 is 0 Å². The molecule has 2 heteroatoms. The Labute approximate surface area is 124 Å². The molecule has 21 heavy (non-hydrogen) atoms. The van der Waals surface area contributed by atoms with Crippen LogP contribution in [0.2, 0.25) is 0 Å². The number of carbonyl (C=O) groups is 1.